The minimum absolute atomic E-state index is 0.187. The number of anilines is 1. The standard InChI is InChI=1S/C17H18FNOS/c1-12(14-8-4-3-5-9-14)21-13(2)17(20)19-16-11-7-6-10-15(16)18/h3-13H,1-2H3,(H,19,20)/t12-,13+/m1/s1. The Morgan fingerprint density at radius 1 is 1.05 bits per heavy atom. The molecule has 1 N–H and O–H groups in total. The van der Waals surface area contributed by atoms with E-state index >= 15 is 0 Å². The van der Waals surface area contributed by atoms with Gasteiger partial charge in [-0.2, -0.15) is 0 Å². The van der Waals surface area contributed by atoms with Crippen molar-refractivity contribution >= 4 is 23.4 Å². The number of amides is 1. The Labute approximate surface area is 128 Å². The van der Waals surface area contributed by atoms with Gasteiger partial charge in [-0.1, -0.05) is 42.5 Å². The predicted octanol–water partition coefficient (Wildman–Crippen LogP) is 4.65. The van der Waals surface area contributed by atoms with E-state index in [0.29, 0.717) is 0 Å². The zero-order valence-electron chi connectivity index (χ0n) is 12.0. The molecule has 2 aromatic carbocycles. The van der Waals surface area contributed by atoms with Crippen LogP contribution in [-0.4, -0.2) is 11.2 Å². The molecule has 0 saturated carbocycles. The summed E-state index contributed by atoms with van der Waals surface area (Å²) in [6.07, 6.45) is 0. The number of para-hydroxylation sites is 1. The quantitative estimate of drug-likeness (QED) is 0.871. The molecule has 110 valence electrons. The second-order valence-corrected chi connectivity index (χ2v) is 6.49. The summed E-state index contributed by atoms with van der Waals surface area (Å²) in [6.45, 7) is 3.90. The second kappa shape index (κ2) is 7.27. The number of rotatable bonds is 5. The van der Waals surface area contributed by atoms with Crippen molar-refractivity contribution < 1.29 is 9.18 Å². The van der Waals surface area contributed by atoms with E-state index in [9.17, 15) is 9.18 Å². The van der Waals surface area contributed by atoms with Crippen LogP contribution in [0.2, 0.25) is 0 Å². The summed E-state index contributed by atoms with van der Waals surface area (Å²) in [6, 6.07) is 16.2. The molecule has 0 aliphatic carbocycles. The van der Waals surface area contributed by atoms with Crippen LogP contribution in [0.4, 0.5) is 10.1 Å². The molecule has 2 aromatic rings. The van der Waals surface area contributed by atoms with Crippen molar-refractivity contribution in [3.8, 4) is 0 Å². The molecular weight excluding hydrogens is 285 g/mol. The molecule has 0 aliphatic rings. The number of halogens is 1. The van der Waals surface area contributed by atoms with E-state index in [0.717, 1.165) is 0 Å². The summed E-state index contributed by atoms with van der Waals surface area (Å²) in [5, 5.41) is 2.57. The molecular formula is C17H18FNOS. The molecule has 4 heteroatoms. The van der Waals surface area contributed by atoms with E-state index in [1.54, 1.807) is 30.0 Å². The third kappa shape index (κ3) is 4.33. The Hall–Kier alpha value is -1.81. The van der Waals surface area contributed by atoms with Gasteiger partial charge in [-0.25, -0.2) is 4.39 Å². The second-order valence-electron chi connectivity index (χ2n) is 4.80. The highest BCUT2D eigenvalue weighted by Gasteiger charge is 2.18. The average Bonchev–Trinajstić information content (AvgIpc) is 2.50. The third-order valence-corrected chi connectivity index (χ3v) is 4.48. The molecule has 2 nitrogen and oxygen atoms in total. The Morgan fingerprint density at radius 2 is 1.67 bits per heavy atom. The van der Waals surface area contributed by atoms with Gasteiger partial charge < -0.3 is 5.32 Å². The summed E-state index contributed by atoms with van der Waals surface area (Å²) in [4.78, 5) is 12.1. The fraction of sp³-hybridized carbons (Fsp3) is 0.235. The van der Waals surface area contributed by atoms with Crippen molar-refractivity contribution in [1.29, 1.82) is 0 Å². The van der Waals surface area contributed by atoms with Crippen LogP contribution in [-0.2, 0) is 4.79 Å². The zero-order chi connectivity index (χ0) is 15.2. The lowest BCUT2D eigenvalue weighted by molar-refractivity contribution is -0.115. The number of hydrogen-bond donors (Lipinski definition) is 1. The van der Waals surface area contributed by atoms with Crippen LogP contribution >= 0.6 is 11.8 Å². The van der Waals surface area contributed by atoms with Crippen molar-refractivity contribution in [1.82, 2.24) is 0 Å². The summed E-state index contributed by atoms with van der Waals surface area (Å²) < 4.78 is 13.5. The molecule has 0 heterocycles. The number of carbonyl (C=O) groups is 1. The molecule has 0 aromatic heterocycles. The van der Waals surface area contributed by atoms with Crippen molar-refractivity contribution in [2.75, 3.05) is 5.32 Å². The highest BCUT2D eigenvalue weighted by atomic mass is 32.2. The van der Waals surface area contributed by atoms with Gasteiger partial charge in [0.25, 0.3) is 0 Å². The van der Waals surface area contributed by atoms with Crippen LogP contribution in [0.1, 0.15) is 24.7 Å². The summed E-state index contributed by atoms with van der Waals surface area (Å²) in [5.74, 6) is -0.605. The maximum atomic E-state index is 13.5. The van der Waals surface area contributed by atoms with E-state index < -0.39 is 5.82 Å². The van der Waals surface area contributed by atoms with E-state index in [1.807, 2.05) is 37.3 Å². The number of hydrogen-bond acceptors (Lipinski definition) is 2. The van der Waals surface area contributed by atoms with Crippen LogP contribution < -0.4 is 5.32 Å². The molecule has 21 heavy (non-hydrogen) atoms. The Bertz CT molecular complexity index is 603. The number of carbonyl (C=O) groups excluding carboxylic acids is 1. The predicted molar refractivity (Wildman–Crippen MR) is 86.9 cm³/mol. The molecule has 1 amide bonds. The SMILES string of the molecule is C[C@H](S[C@H](C)c1ccccc1)C(=O)Nc1ccccc1F. The van der Waals surface area contributed by atoms with Crippen molar-refractivity contribution in [2.45, 2.75) is 24.3 Å². The van der Waals surface area contributed by atoms with E-state index in [1.165, 1.54) is 11.6 Å². The van der Waals surface area contributed by atoms with Gasteiger partial charge >= 0.3 is 0 Å². The van der Waals surface area contributed by atoms with Crippen LogP contribution in [0, 0.1) is 5.82 Å². The number of benzene rings is 2. The first-order valence-electron chi connectivity index (χ1n) is 6.83. The van der Waals surface area contributed by atoms with Crippen molar-refractivity contribution in [3.05, 3.63) is 66.0 Å². The van der Waals surface area contributed by atoms with Gasteiger partial charge in [0.05, 0.1) is 10.9 Å². The summed E-state index contributed by atoms with van der Waals surface area (Å²) >= 11 is 1.55. The van der Waals surface area contributed by atoms with Crippen LogP contribution in [0.15, 0.2) is 54.6 Å². The fourth-order valence-corrected chi connectivity index (χ4v) is 3.08. The first-order chi connectivity index (χ1) is 10.1. The van der Waals surface area contributed by atoms with E-state index in [2.05, 4.69) is 12.2 Å². The molecule has 0 fully saturated rings. The molecule has 0 radical (unpaired) electrons. The van der Waals surface area contributed by atoms with Crippen molar-refractivity contribution in [3.63, 3.8) is 0 Å². The third-order valence-electron chi connectivity index (χ3n) is 3.18. The molecule has 2 rings (SSSR count). The molecule has 0 bridgehead atoms. The number of nitrogens with one attached hydrogen (secondary N) is 1. The topological polar surface area (TPSA) is 29.1 Å². The summed E-state index contributed by atoms with van der Waals surface area (Å²) in [5.41, 5.74) is 1.40. The Kier molecular flexibility index (Phi) is 5.39. The van der Waals surface area contributed by atoms with Crippen molar-refractivity contribution in [2.24, 2.45) is 0 Å². The van der Waals surface area contributed by atoms with Crippen LogP contribution in [0.5, 0.6) is 0 Å². The lowest BCUT2D eigenvalue weighted by Gasteiger charge is -2.17. The highest BCUT2D eigenvalue weighted by molar-refractivity contribution is 8.00. The van der Waals surface area contributed by atoms with Gasteiger partial charge in [-0.15, -0.1) is 11.8 Å². The van der Waals surface area contributed by atoms with Gasteiger partial charge in [0.2, 0.25) is 5.91 Å². The molecule has 0 aliphatic heterocycles. The fourth-order valence-electron chi connectivity index (χ4n) is 1.97. The minimum Gasteiger partial charge on any atom is -0.323 e. The van der Waals surface area contributed by atoms with Crippen LogP contribution in [0.25, 0.3) is 0 Å². The maximum Gasteiger partial charge on any atom is 0.237 e. The van der Waals surface area contributed by atoms with Gasteiger partial charge in [0.15, 0.2) is 0 Å². The monoisotopic (exact) mass is 303 g/mol. The zero-order valence-corrected chi connectivity index (χ0v) is 12.9. The first kappa shape index (κ1) is 15.6. The lowest BCUT2D eigenvalue weighted by atomic mass is 10.2. The molecule has 2 atom stereocenters. The smallest absolute Gasteiger partial charge is 0.237 e. The van der Waals surface area contributed by atoms with Gasteiger partial charge in [-0.05, 0) is 31.5 Å². The first-order valence-corrected chi connectivity index (χ1v) is 7.78. The lowest BCUT2D eigenvalue weighted by Crippen LogP contribution is -2.23. The van der Waals surface area contributed by atoms with Gasteiger partial charge in [0, 0.05) is 5.25 Å². The minimum atomic E-state index is -0.417. The molecule has 0 saturated heterocycles. The van der Waals surface area contributed by atoms with Crippen LogP contribution in [0.3, 0.4) is 0 Å². The average molecular weight is 303 g/mol. The molecule has 0 spiro atoms. The Balaban J connectivity index is 1.95. The highest BCUT2D eigenvalue weighted by Crippen LogP contribution is 2.32. The molecule has 0 unspecified atom stereocenters. The summed E-state index contributed by atoms with van der Waals surface area (Å²) in [7, 11) is 0. The van der Waals surface area contributed by atoms with E-state index in [-0.39, 0.29) is 22.1 Å². The van der Waals surface area contributed by atoms with E-state index in [4.69, 9.17) is 0 Å². The Morgan fingerprint density at radius 3 is 2.33 bits per heavy atom. The normalized spacial score (nSPS) is 13.5. The van der Waals surface area contributed by atoms with Gasteiger partial charge in [0.1, 0.15) is 5.82 Å². The van der Waals surface area contributed by atoms with Gasteiger partial charge in [-0.3, -0.25) is 4.79 Å². The maximum absolute atomic E-state index is 13.5. The largest absolute Gasteiger partial charge is 0.323 e. The number of thioether (sulfide) groups is 1.